The van der Waals surface area contributed by atoms with Gasteiger partial charge in [0, 0.05) is 0 Å². The van der Waals surface area contributed by atoms with E-state index < -0.39 is 0 Å². The summed E-state index contributed by atoms with van der Waals surface area (Å²) >= 11 is 0. The van der Waals surface area contributed by atoms with E-state index in [0.717, 1.165) is 49.0 Å². The van der Waals surface area contributed by atoms with Gasteiger partial charge in [0.2, 0.25) is 0 Å². The summed E-state index contributed by atoms with van der Waals surface area (Å²) in [4.78, 5) is 0. The average molecular weight is 399 g/mol. The molecule has 27 heavy (non-hydrogen) atoms. The van der Waals surface area contributed by atoms with Crippen LogP contribution in [0.4, 0.5) is 0 Å². The predicted molar refractivity (Wildman–Crippen MR) is 118 cm³/mol. The van der Waals surface area contributed by atoms with Crippen molar-refractivity contribution in [2.75, 3.05) is 0 Å². The number of ether oxygens (including phenoxy) is 3. The lowest BCUT2D eigenvalue weighted by atomic mass is 9.85. The fraction of sp³-hybridized carbons (Fsp3) is 0.727. The van der Waals surface area contributed by atoms with Crippen molar-refractivity contribution in [3.63, 3.8) is 0 Å². The van der Waals surface area contributed by atoms with Crippen LogP contribution in [0.1, 0.15) is 80.1 Å². The second-order valence-electron chi connectivity index (χ2n) is 7.25. The highest BCUT2D eigenvalue weighted by atomic mass is 28.2. The molecule has 0 aromatic rings. The van der Waals surface area contributed by atoms with Crippen molar-refractivity contribution in [3.8, 4) is 0 Å². The maximum absolute atomic E-state index is 6.22. The molecule has 5 heteroatoms. The Hall–Kier alpha value is -1.20. The van der Waals surface area contributed by atoms with Crippen molar-refractivity contribution in [2.45, 2.75) is 104 Å². The van der Waals surface area contributed by atoms with Crippen molar-refractivity contribution < 1.29 is 18.6 Å². The fourth-order valence-electron chi connectivity index (χ4n) is 2.92. The van der Waals surface area contributed by atoms with E-state index >= 15 is 0 Å². The zero-order valence-corrected chi connectivity index (χ0v) is 20.6. The third-order valence-electron chi connectivity index (χ3n) is 4.79. The highest BCUT2D eigenvalue weighted by Crippen LogP contribution is 2.32. The molecule has 4 nitrogen and oxygen atoms in total. The number of allylic oxidation sites excluding steroid dienone is 3. The minimum atomic E-state index is -0.124. The van der Waals surface area contributed by atoms with Gasteiger partial charge in [0.1, 0.15) is 10.5 Å². The normalized spacial score (nSPS) is 18.0. The Bertz CT molecular complexity index is 374. The summed E-state index contributed by atoms with van der Waals surface area (Å²) in [5.41, 5.74) is -0.124. The van der Waals surface area contributed by atoms with Crippen LogP contribution in [0.3, 0.4) is 0 Å². The van der Waals surface area contributed by atoms with E-state index in [-0.39, 0.29) is 23.9 Å². The molecule has 0 aromatic carbocycles. The van der Waals surface area contributed by atoms with E-state index in [0.29, 0.717) is 0 Å². The third-order valence-corrected chi connectivity index (χ3v) is 5.66. The van der Waals surface area contributed by atoms with Gasteiger partial charge in [-0.25, -0.2) is 0 Å². The Morgan fingerprint density at radius 2 is 0.963 bits per heavy atom. The molecule has 0 aliphatic rings. The Kier molecular flexibility index (Phi) is 15.1. The molecule has 0 rings (SSSR count). The Balaban J connectivity index is 4.88. The molecular formula is C22H42O4Si. The lowest BCUT2D eigenvalue weighted by Crippen LogP contribution is -2.35. The molecule has 0 spiro atoms. The maximum Gasteiger partial charge on any atom is 0.146 e. The zero-order valence-electron chi connectivity index (χ0n) is 18.6. The maximum atomic E-state index is 6.22. The average Bonchev–Trinajstić information content (AvgIpc) is 2.68. The van der Waals surface area contributed by atoms with Gasteiger partial charge in [-0.3, -0.25) is 0 Å². The zero-order chi connectivity index (χ0) is 20.5. The largest absolute Gasteiger partial charge is 0.499 e. The van der Waals surface area contributed by atoms with Crippen LogP contribution in [0.5, 0.6) is 0 Å². The summed E-state index contributed by atoms with van der Waals surface area (Å²) in [6, 6.07) is 0. The summed E-state index contributed by atoms with van der Waals surface area (Å²) in [7, 11) is 0.721. The predicted octanol–water partition coefficient (Wildman–Crippen LogP) is 5.18. The quantitative estimate of drug-likeness (QED) is 0.265. The summed E-state index contributed by atoms with van der Waals surface area (Å²) < 4.78 is 23.3. The van der Waals surface area contributed by atoms with E-state index in [2.05, 4.69) is 20.8 Å². The summed E-state index contributed by atoms with van der Waals surface area (Å²) in [6.45, 7) is 12.3. The number of hydrogen-bond acceptors (Lipinski definition) is 4. The van der Waals surface area contributed by atoms with Gasteiger partial charge < -0.3 is 18.6 Å². The molecule has 0 radical (unpaired) electrons. The first-order valence-corrected chi connectivity index (χ1v) is 11.1. The van der Waals surface area contributed by atoms with Gasteiger partial charge in [0.15, 0.2) is 0 Å². The molecule has 0 saturated carbocycles. The van der Waals surface area contributed by atoms with Crippen LogP contribution in [-0.2, 0) is 18.6 Å². The molecule has 0 aliphatic carbocycles. The van der Waals surface area contributed by atoms with Gasteiger partial charge in [-0.2, -0.15) is 0 Å². The van der Waals surface area contributed by atoms with E-state index in [1.807, 2.05) is 39.0 Å². The monoisotopic (exact) mass is 398 g/mol. The second kappa shape index (κ2) is 15.8. The molecule has 0 saturated heterocycles. The first-order valence-electron chi connectivity index (χ1n) is 10.3. The van der Waals surface area contributed by atoms with Crippen molar-refractivity contribution in [1.29, 1.82) is 0 Å². The van der Waals surface area contributed by atoms with Gasteiger partial charge in [-0.1, -0.05) is 18.2 Å². The van der Waals surface area contributed by atoms with Crippen molar-refractivity contribution in [2.24, 2.45) is 0 Å². The van der Waals surface area contributed by atoms with E-state index in [4.69, 9.17) is 18.6 Å². The van der Waals surface area contributed by atoms with Crippen LogP contribution in [-0.4, -0.2) is 34.4 Å². The topological polar surface area (TPSA) is 36.9 Å². The molecule has 3 unspecified atom stereocenters. The molecule has 0 bridgehead atoms. The minimum absolute atomic E-state index is 0.124. The van der Waals surface area contributed by atoms with Gasteiger partial charge in [-0.05, 0) is 80.1 Å². The van der Waals surface area contributed by atoms with Crippen LogP contribution in [0.25, 0.3) is 0 Å². The standard InChI is InChI=1S/C22H42O4Si/c1-7-16-23-19(4)10-13-22(26-27,14-11-20(5)24-17-8-2)15-12-21(6)25-18-9-3/h7-9,16-21H,10-15H2,1-6,27H3. The third kappa shape index (κ3) is 12.7. The smallest absolute Gasteiger partial charge is 0.146 e. The van der Waals surface area contributed by atoms with Crippen LogP contribution < -0.4 is 0 Å². The van der Waals surface area contributed by atoms with E-state index in [9.17, 15) is 0 Å². The molecule has 0 heterocycles. The Morgan fingerprint density at radius 3 is 1.19 bits per heavy atom. The van der Waals surface area contributed by atoms with Gasteiger partial charge in [0.25, 0.3) is 0 Å². The second-order valence-corrected chi connectivity index (χ2v) is 7.66. The first kappa shape index (κ1) is 25.8. The van der Waals surface area contributed by atoms with Gasteiger partial charge >= 0.3 is 0 Å². The molecular weight excluding hydrogens is 356 g/mol. The fourth-order valence-corrected chi connectivity index (χ4v) is 3.53. The summed E-state index contributed by atoms with van der Waals surface area (Å²) in [5, 5.41) is 0. The lowest BCUT2D eigenvalue weighted by Gasteiger charge is -2.36. The summed E-state index contributed by atoms with van der Waals surface area (Å²) in [6.07, 6.45) is 17.5. The van der Waals surface area contributed by atoms with Crippen molar-refractivity contribution in [3.05, 3.63) is 37.0 Å². The number of hydrogen-bond donors (Lipinski definition) is 0. The molecule has 3 atom stereocenters. The van der Waals surface area contributed by atoms with E-state index in [1.165, 1.54) is 0 Å². The summed E-state index contributed by atoms with van der Waals surface area (Å²) in [5.74, 6) is 0. The van der Waals surface area contributed by atoms with Crippen LogP contribution in [0, 0.1) is 0 Å². The molecule has 158 valence electrons. The van der Waals surface area contributed by atoms with Crippen molar-refractivity contribution >= 4 is 10.5 Å². The molecule has 0 amide bonds. The van der Waals surface area contributed by atoms with Crippen molar-refractivity contribution in [1.82, 2.24) is 0 Å². The van der Waals surface area contributed by atoms with Crippen LogP contribution in [0.15, 0.2) is 37.0 Å². The van der Waals surface area contributed by atoms with Gasteiger partial charge in [-0.15, -0.1) is 0 Å². The Morgan fingerprint density at radius 1 is 0.667 bits per heavy atom. The molecule has 0 aliphatic heterocycles. The SMILES string of the molecule is CC=COC(C)CCC(CCC(C)OC=CC)(CCC(C)OC=CC)O[SiH3]. The molecule has 0 fully saturated rings. The molecule has 0 N–H and O–H groups in total. The first-order chi connectivity index (χ1) is 12.9. The molecule has 0 aromatic heterocycles. The van der Waals surface area contributed by atoms with Gasteiger partial charge in [0.05, 0.1) is 42.7 Å². The Labute approximate surface area is 170 Å². The minimum Gasteiger partial charge on any atom is -0.499 e. The number of rotatable bonds is 16. The van der Waals surface area contributed by atoms with Crippen LogP contribution in [0.2, 0.25) is 0 Å². The van der Waals surface area contributed by atoms with E-state index in [1.54, 1.807) is 18.8 Å². The lowest BCUT2D eigenvalue weighted by molar-refractivity contribution is 0.00608. The highest BCUT2D eigenvalue weighted by Gasteiger charge is 2.30. The van der Waals surface area contributed by atoms with Crippen LogP contribution >= 0.6 is 0 Å². The highest BCUT2D eigenvalue weighted by molar-refractivity contribution is 5.98.